The van der Waals surface area contributed by atoms with Crippen molar-refractivity contribution in [3.05, 3.63) is 83.9 Å². The summed E-state index contributed by atoms with van der Waals surface area (Å²) in [6, 6.07) is 17.7. The molecule has 35 heavy (non-hydrogen) atoms. The molecule has 3 aromatic carbocycles. The number of hydrogen-bond donors (Lipinski definition) is 3. The fourth-order valence-corrected chi connectivity index (χ4v) is 4.03. The van der Waals surface area contributed by atoms with Crippen LogP contribution in [-0.4, -0.2) is 47.0 Å². The van der Waals surface area contributed by atoms with Crippen molar-refractivity contribution < 1.29 is 32.3 Å². The van der Waals surface area contributed by atoms with Gasteiger partial charge in [-0.2, -0.15) is 0 Å². The highest BCUT2D eigenvalue weighted by molar-refractivity contribution is 7.92. The van der Waals surface area contributed by atoms with Gasteiger partial charge in [-0.15, -0.1) is 0 Å². The average molecular weight is 498 g/mol. The molecule has 0 saturated carbocycles. The van der Waals surface area contributed by atoms with Crippen LogP contribution in [0.3, 0.4) is 0 Å². The van der Waals surface area contributed by atoms with Crippen molar-refractivity contribution >= 4 is 39.2 Å². The quantitative estimate of drug-likeness (QED) is 0.386. The first-order valence-electron chi connectivity index (χ1n) is 10.3. The number of hydrogen-bond acceptors (Lipinski definition) is 7. The maximum absolute atomic E-state index is 12.7. The molecule has 0 aromatic heterocycles. The van der Waals surface area contributed by atoms with Crippen LogP contribution in [0.2, 0.25) is 0 Å². The van der Waals surface area contributed by atoms with E-state index in [-0.39, 0.29) is 16.4 Å². The Kier molecular flexibility index (Phi) is 8.05. The summed E-state index contributed by atoms with van der Waals surface area (Å²) in [6.45, 7) is -0.586. The Morgan fingerprint density at radius 2 is 1.51 bits per heavy atom. The molecule has 0 aliphatic carbocycles. The summed E-state index contributed by atoms with van der Waals surface area (Å²) >= 11 is 0. The SMILES string of the molecule is CNC(=O)c1ccc(NC(=O)COC(=O)c2cccc(S(=O)(=O)Nc3ccc(OC)cc3)c2)cc1. The third-order valence-corrected chi connectivity index (χ3v) is 6.09. The van der Waals surface area contributed by atoms with Gasteiger partial charge in [0.05, 0.1) is 17.6 Å². The highest BCUT2D eigenvalue weighted by Gasteiger charge is 2.18. The van der Waals surface area contributed by atoms with E-state index in [0.717, 1.165) is 6.07 Å². The number of amides is 2. The number of carbonyl (C=O) groups excluding carboxylic acids is 3. The minimum atomic E-state index is -3.98. The van der Waals surface area contributed by atoms with Gasteiger partial charge in [0.25, 0.3) is 21.8 Å². The lowest BCUT2D eigenvalue weighted by atomic mass is 10.2. The van der Waals surface area contributed by atoms with Crippen molar-refractivity contribution in [2.75, 3.05) is 30.8 Å². The van der Waals surface area contributed by atoms with E-state index in [2.05, 4.69) is 15.4 Å². The molecule has 2 amide bonds. The highest BCUT2D eigenvalue weighted by Crippen LogP contribution is 2.20. The minimum Gasteiger partial charge on any atom is -0.497 e. The van der Waals surface area contributed by atoms with E-state index in [1.165, 1.54) is 56.6 Å². The second-order valence-corrected chi connectivity index (χ2v) is 8.83. The maximum Gasteiger partial charge on any atom is 0.338 e. The maximum atomic E-state index is 12.7. The molecular weight excluding hydrogens is 474 g/mol. The lowest BCUT2D eigenvalue weighted by Crippen LogP contribution is -2.21. The molecule has 3 rings (SSSR count). The van der Waals surface area contributed by atoms with E-state index in [1.54, 1.807) is 24.3 Å². The van der Waals surface area contributed by atoms with E-state index < -0.39 is 28.5 Å². The van der Waals surface area contributed by atoms with Gasteiger partial charge in [0, 0.05) is 24.0 Å². The zero-order chi connectivity index (χ0) is 25.4. The number of carbonyl (C=O) groups is 3. The first-order valence-corrected chi connectivity index (χ1v) is 11.8. The van der Waals surface area contributed by atoms with Crippen LogP contribution in [0.4, 0.5) is 11.4 Å². The highest BCUT2D eigenvalue weighted by atomic mass is 32.2. The Morgan fingerprint density at radius 1 is 0.857 bits per heavy atom. The summed E-state index contributed by atoms with van der Waals surface area (Å²) < 4.78 is 37.9. The molecule has 0 aliphatic rings. The molecule has 0 bridgehead atoms. The van der Waals surface area contributed by atoms with Crippen molar-refractivity contribution in [2.45, 2.75) is 4.90 Å². The van der Waals surface area contributed by atoms with Gasteiger partial charge in [-0.25, -0.2) is 13.2 Å². The number of ether oxygens (including phenoxy) is 2. The molecule has 0 atom stereocenters. The molecule has 182 valence electrons. The predicted octanol–water partition coefficient (Wildman–Crippen LogP) is 2.65. The monoisotopic (exact) mass is 497 g/mol. The van der Waals surface area contributed by atoms with E-state index in [9.17, 15) is 22.8 Å². The van der Waals surface area contributed by atoms with Crippen LogP contribution in [0.25, 0.3) is 0 Å². The van der Waals surface area contributed by atoms with Crippen molar-refractivity contribution in [2.24, 2.45) is 0 Å². The number of anilines is 2. The van der Waals surface area contributed by atoms with Gasteiger partial charge >= 0.3 is 5.97 Å². The first kappa shape index (κ1) is 25.2. The second-order valence-electron chi connectivity index (χ2n) is 7.14. The molecule has 0 unspecified atom stereocenters. The molecule has 0 saturated heterocycles. The molecule has 3 aromatic rings. The molecule has 0 aliphatic heterocycles. The van der Waals surface area contributed by atoms with Gasteiger partial charge < -0.3 is 20.1 Å². The van der Waals surface area contributed by atoms with Gasteiger partial charge in [0.1, 0.15) is 5.75 Å². The van der Waals surface area contributed by atoms with Gasteiger partial charge in [-0.05, 0) is 66.7 Å². The zero-order valence-corrected chi connectivity index (χ0v) is 19.7. The van der Waals surface area contributed by atoms with E-state index in [1.807, 2.05) is 0 Å². The number of benzene rings is 3. The number of rotatable bonds is 9. The third kappa shape index (κ3) is 6.81. The molecule has 10 nitrogen and oxygen atoms in total. The topological polar surface area (TPSA) is 140 Å². The van der Waals surface area contributed by atoms with Crippen molar-refractivity contribution in [3.8, 4) is 5.75 Å². The smallest absolute Gasteiger partial charge is 0.338 e. The molecule has 0 spiro atoms. The van der Waals surface area contributed by atoms with Crippen molar-refractivity contribution in [3.63, 3.8) is 0 Å². The Balaban J connectivity index is 1.59. The van der Waals surface area contributed by atoms with Crippen LogP contribution in [0, 0.1) is 0 Å². The van der Waals surface area contributed by atoms with E-state index in [4.69, 9.17) is 9.47 Å². The van der Waals surface area contributed by atoms with Gasteiger partial charge in [0.2, 0.25) is 0 Å². The third-order valence-electron chi connectivity index (χ3n) is 4.71. The van der Waals surface area contributed by atoms with E-state index in [0.29, 0.717) is 22.7 Å². The second kappa shape index (κ2) is 11.2. The van der Waals surface area contributed by atoms with Gasteiger partial charge in [-0.3, -0.25) is 14.3 Å². The number of nitrogens with one attached hydrogen (secondary N) is 3. The summed E-state index contributed by atoms with van der Waals surface area (Å²) in [5, 5.41) is 5.03. The summed E-state index contributed by atoms with van der Waals surface area (Å²) in [5.74, 6) is -1.16. The number of esters is 1. The molecule has 11 heteroatoms. The van der Waals surface area contributed by atoms with Crippen LogP contribution in [0.1, 0.15) is 20.7 Å². The molecule has 3 N–H and O–H groups in total. The fourth-order valence-electron chi connectivity index (χ4n) is 2.92. The summed E-state index contributed by atoms with van der Waals surface area (Å²) in [4.78, 5) is 35.9. The molecule has 0 radical (unpaired) electrons. The van der Waals surface area contributed by atoms with Gasteiger partial charge in [0.15, 0.2) is 6.61 Å². The summed E-state index contributed by atoms with van der Waals surface area (Å²) in [6.07, 6.45) is 0. The standard InChI is InChI=1S/C24H23N3O7S/c1-25-23(29)16-6-8-18(9-7-16)26-22(28)15-34-24(30)17-4-3-5-21(14-17)35(31,32)27-19-10-12-20(33-2)13-11-19/h3-14,27H,15H2,1-2H3,(H,25,29)(H,26,28). The van der Waals surface area contributed by atoms with Crippen LogP contribution >= 0.6 is 0 Å². The average Bonchev–Trinajstić information content (AvgIpc) is 2.87. The first-order chi connectivity index (χ1) is 16.7. The zero-order valence-electron chi connectivity index (χ0n) is 18.9. The normalized spacial score (nSPS) is 10.7. The number of sulfonamides is 1. The predicted molar refractivity (Wildman–Crippen MR) is 129 cm³/mol. The van der Waals surface area contributed by atoms with Crippen molar-refractivity contribution in [1.29, 1.82) is 0 Å². The van der Waals surface area contributed by atoms with Crippen LogP contribution in [0.5, 0.6) is 5.75 Å². The molecular formula is C24H23N3O7S. The molecule has 0 fully saturated rings. The molecule has 0 heterocycles. The Morgan fingerprint density at radius 3 is 2.14 bits per heavy atom. The summed E-state index contributed by atoms with van der Waals surface area (Å²) in [7, 11) is -0.971. The summed E-state index contributed by atoms with van der Waals surface area (Å²) in [5.41, 5.74) is 1.12. The van der Waals surface area contributed by atoms with Crippen molar-refractivity contribution in [1.82, 2.24) is 5.32 Å². The lowest BCUT2D eigenvalue weighted by molar-refractivity contribution is -0.119. The van der Waals surface area contributed by atoms with Crippen LogP contribution in [-0.2, 0) is 19.6 Å². The lowest BCUT2D eigenvalue weighted by Gasteiger charge is -2.10. The minimum absolute atomic E-state index is 0.0367. The van der Waals surface area contributed by atoms with Crippen LogP contribution < -0.4 is 20.1 Å². The fraction of sp³-hybridized carbons (Fsp3) is 0.125. The van der Waals surface area contributed by atoms with Gasteiger partial charge in [-0.1, -0.05) is 6.07 Å². The van der Waals surface area contributed by atoms with E-state index >= 15 is 0 Å². The Labute approximate surface area is 202 Å². The number of methoxy groups -OCH3 is 1. The van der Waals surface area contributed by atoms with Crippen LogP contribution in [0.15, 0.2) is 77.7 Å². The largest absolute Gasteiger partial charge is 0.497 e. The Bertz CT molecular complexity index is 1320. The Hall–Kier alpha value is -4.38.